The van der Waals surface area contributed by atoms with Crippen LogP contribution in [0.5, 0.6) is 5.88 Å². The topological polar surface area (TPSA) is 77.8 Å². The second-order valence-electron chi connectivity index (χ2n) is 5.07. The Kier molecular flexibility index (Phi) is 4.25. The van der Waals surface area contributed by atoms with Crippen LogP contribution in [-0.4, -0.2) is 16.0 Å². The van der Waals surface area contributed by atoms with Gasteiger partial charge in [-0.25, -0.2) is 0 Å². The van der Waals surface area contributed by atoms with E-state index in [9.17, 15) is 9.90 Å². The van der Waals surface area contributed by atoms with Crippen molar-refractivity contribution in [1.29, 1.82) is 0 Å². The molecular weight excluding hydrogens is 358 g/mol. The Morgan fingerprint density at radius 1 is 1.22 bits per heavy atom. The van der Waals surface area contributed by atoms with E-state index in [2.05, 4.69) is 38.1 Å². The molecule has 1 amide bonds. The summed E-state index contributed by atoms with van der Waals surface area (Å²) < 4.78 is 0.849. The van der Waals surface area contributed by atoms with Gasteiger partial charge in [0.1, 0.15) is 0 Å². The highest BCUT2D eigenvalue weighted by atomic mass is 79.9. The molecule has 0 fully saturated rings. The normalized spacial score (nSPS) is 11.4. The maximum absolute atomic E-state index is 12.1. The summed E-state index contributed by atoms with van der Waals surface area (Å²) in [6.07, 6.45) is 0.911. The number of azo groups is 1. The third kappa shape index (κ3) is 3.17. The van der Waals surface area contributed by atoms with Crippen molar-refractivity contribution in [3.8, 4) is 5.88 Å². The van der Waals surface area contributed by atoms with Crippen LogP contribution in [0.3, 0.4) is 0 Å². The second kappa shape index (κ2) is 6.34. The minimum atomic E-state index is -0.448. The molecule has 0 aliphatic rings. The lowest BCUT2D eigenvalue weighted by atomic mass is 10.1. The van der Waals surface area contributed by atoms with Gasteiger partial charge in [-0.1, -0.05) is 35.0 Å². The number of aromatic hydroxyl groups is 1. The maximum Gasteiger partial charge on any atom is 0.295 e. The van der Waals surface area contributed by atoms with Crippen LogP contribution in [0.1, 0.15) is 22.8 Å². The molecule has 3 rings (SSSR count). The molecule has 0 aliphatic heterocycles. The van der Waals surface area contributed by atoms with Gasteiger partial charge in [0.2, 0.25) is 5.88 Å². The molecule has 2 N–H and O–H groups in total. The van der Waals surface area contributed by atoms with Gasteiger partial charge in [0, 0.05) is 15.4 Å². The molecule has 0 saturated carbocycles. The first-order valence-corrected chi connectivity index (χ1v) is 7.93. The molecule has 5 nitrogen and oxygen atoms in total. The standard InChI is InChI=1S/C17H14BrN3O2/c1-2-10-3-5-11(6-4-10)16(22)21-20-15-13-9-12(18)7-8-14(13)19-17(15)23/h3-9,19,23H,2H2,1H3. The highest BCUT2D eigenvalue weighted by molar-refractivity contribution is 9.10. The number of carbonyl (C=O) groups is 1. The van der Waals surface area contributed by atoms with Crippen LogP contribution >= 0.6 is 15.9 Å². The SMILES string of the molecule is CCc1ccc(C(=O)N=Nc2c(O)[nH]c3ccc(Br)cc23)cc1. The summed E-state index contributed by atoms with van der Waals surface area (Å²) in [6, 6.07) is 12.7. The van der Waals surface area contributed by atoms with Crippen LogP contribution in [0.25, 0.3) is 10.9 Å². The number of carbonyl (C=O) groups excluding carboxylic acids is 1. The zero-order chi connectivity index (χ0) is 16.4. The first-order valence-electron chi connectivity index (χ1n) is 7.13. The molecule has 0 unspecified atom stereocenters. The molecule has 0 bridgehead atoms. The molecule has 2 aromatic carbocycles. The lowest BCUT2D eigenvalue weighted by Gasteiger charge is -1.98. The summed E-state index contributed by atoms with van der Waals surface area (Å²) in [4.78, 5) is 14.9. The molecular formula is C17H14BrN3O2. The van der Waals surface area contributed by atoms with Crippen molar-refractivity contribution in [1.82, 2.24) is 4.98 Å². The van der Waals surface area contributed by atoms with Crippen LogP contribution in [0.15, 0.2) is 57.2 Å². The average molecular weight is 372 g/mol. The van der Waals surface area contributed by atoms with Gasteiger partial charge in [-0.2, -0.15) is 0 Å². The Labute approximate surface area is 141 Å². The van der Waals surface area contributed by atoms with Crippen LogP contribution in [-0.2, 0) is 6.42 Å². The van der Waals surface area contributed by atoms with Gasteiger partial charge in [0.25, 0.3) is 5.91 Å². The molecule has 1 aromatic heterocycles. The lowest BCUT2D eigenvalue weighted by Crippen LogP contribution is -1.93. The maximum atomic E-state index is 12.1. The monoisotopic (exact) mass is 371 g/mol. The Hall–Kier alpha value is -2.47. The minimum absolute atomic E-state index is 0.115. The Bertz CT molecular complexity index is 898. The van der Waals surface area contributed by atoms with Crippen molar-refractivity contribution in [2.24, 2.45) is 10.2 Å². The smallest absolute Gasteiger partial charge is 0.295 e. The number of benzene rings is 2. The number of nitrogens with zero attached hydrogens (tertiary/aromatic N) is 2. The van der Waals surface area contributed by atoms with E-state index in [0.29, 0.717) is 10.9 Å². The van der Waals surface area contributed by atoms with E-state index in [-0.39, 0.29) is 11.6 Å². The zero-order valence-corrected chi connectivity index (χ0v) is 14.0. The van der Waals surface area contributed by atoms with E-state index in [4.69, 9.17) is 0 Å². The summed E-state index contributed by atoms with van der Waals surface area (Å²) in [6.45, 7) is 2.05. The van der Waals surface area contributed by atoms with Crippen LogP contribution in [0, 0.1) is 0 Å². The van der Waals surface area contributed by atoms with Gasteiger partial charge in [-0.15, -0.1) is 10.2 Å². The van der Waals surface area contributed by atoms with E-state index < -0.39 is 5.91 Å². The first-order chi connectivity index (χ1) is 11.1. The number of amides is 1. The number of aromatic amines is 1. The van der Waals surface area contributed by atoms with Gasteiger partial charge in [0.05, 0.1) is 5.52 Å². The second-order valence-corrected chi connectivity index (χ2v) is 5.98. The molecule has 1 heterocycles. The van der Waals surface area contributed by atoms with Gasteiger partial charge < -0.3 is 10.1 Å². The Morgan fingerprint density at radius 3 is 2.65 bits per heavy atom. The summed E-state index contributed by atoms with van der Waals surface area (Å²) in [5.74, 6) is -0.563. The van der Waals surface area contributed by atoms with Crippen molar-refractivity contribution in [2.75, 3.05) is 0 Å². The molecule has 116 valence electrons. The van der Waals surface area contributed by atoms with Crippen molar-refractivity contribution >= 4 is 38.4 Å². The third-order valence-electron chi connectivity index (χ3n) is 3.56. The summed E-state index contributed by atoms with van der Waals surface area (Å²) >= 11 is 3.37. The van der Waals surface area contributed by atoms with E-state index in [1.165, 1.54) is 0 Å². The van der Waals surface area contributed by atoms with E-state index >= 15 is 0 Å². The fraction of sp³-hybridized carbons (Fsp3) is 0.118. The van der Waals surface area contributed by atoms with Crippen LogP contribution < -0.4 is 0 Å². The molecule has 23 heavy (non-hydrogen) atoms. The van der Waals surface area contributed by atoms with Crippen LogP contribution in [0.2, 0.25) is 0 Å². The number of H-pyrrole nitrogens is 1. The number of rotatable bonds is 3. The lowest BCUT2D eigenvalue weighted by molar-refractivity contribution is 0.0995. The fourth-order valence-corrected chi connectivity index (χ4v) is 2.63. The number of hydrogen-bond donors (Lipinski definition) is 2. The zero-order valence-electron chi connectivity index (χ0n) is 12.4. The predicted octanol–water partition coefficient (Wildman–Crippen LogP) is 5.12. The van der Waals surface area contributed by atoms with Gasteiger partial charge in [0.15, 0.2) is 5.69 Å². The number of halogens is 1. The number of fused-ring (bicyclic) bond motifs is 1. The molecule has 0 saturated heterocycles. The number of nitrogens with one attached hydrogen (secondary N) is 1. The van der Waals surface area contributed by atoms with E-state index in [1.807, 2.05) is 24.3 Å². The van der Waals surface area contributed by atoms with Crippen molar-refractivity contribution < 1.29 is 9.90 Å². The molecule has 6 heteroatoms. The predicted molar refractivity (Wildman–Crippen MR) is 92.3 cm³/mol. The number of aryl methyl sites for hydroxylation is 1. The van der Waals surface area contributed by atoms with Crippen molar-refractivity contribution in [3.63, 3.8) is 0 Å². The van der Waals surface area contributed by atoms with Gasteiger partial charge >= 0.3 is 0 Å². The number of hydrogen-bond acceptors (Lipinski definition) is 3. The minimum Gasteiger partial charge on any atom is -0.493 e. The number of aromatic nitrogens is 1. The van der Waals surface area contributed by atoms with Crippen molar-refractivity contribution in [2.45, 2.75) is 13.3 Å². The highest BCUT2D eigenvalue weighted by Gasteiger charge is 2.12. The summed E-state index contributed by atoms with van der Waals surface area (Å²) in [5, 5.41) is 18.3. The van der Waals surface area contributed by atoms with E-state index in [1.54, 1.807) is 18.2 Å². The van der Waals surface area contributed by atoms with Gasteiger partial charge in [-0.05, 0) is 42.3 Å². The molecule has 0 radical (unpaired) electrons. The molecule has 0 atom stereocenters. The van der Waals surface area contributed by atoms with Crippen LogP contribution in [0.4, 0.5) is 5.69 Å². The molecule has 0 aliphatic carbocycles. The average Bonchev–Trinajstić information content (AvgIpc) is 2.87. The van der Waals surface area contributed by atoms with Crippen molar-refractivity contribution in [3.05, 3.63) is 58.1 Å². The third-order valence-corrected chi connectivity index (χ3v) is 4.06. The fourth-order valence-electron chi connectivity index (χ4n) is 2.27. The summed E-state index contributed by atoms with van der Waals surface area (Å²) in [7, 11) is 0. The quantitative estimate of drug-likeness (QED) is 0.626. The van der Waals surface area contributed by atoms with Gasteiger partial charge in [-0.3, -0.25) is 4.79 Å². The molecule has 0 spiro atoms. The van der Waals surface area contributed by atoms with E-state index in [0.717, 1.165) is 22.0 Å². The molecule has 3 aromatic rings. The highest BCUT2D eigenvalue weighted by Crippen LogP contribution is 2.36. The first kappa shape index (κ1) is 15.4. The Balaban J connectivity index is 1.91. The largest absolute Gasteiger partial charge is 0.493 e. The summed E-state index contributed by atoms with van der Waals surface area (Å²) in [5.41, 5.74) is 2.59. The Morgan fingerprint density at radius 2 is 1.96 bits per heavy atom.